The van der Waals surface area contributed by atoms with Crippen molar-refractivity contribution in [2.75, 3.05) is 11.6 Å². The second kappa shape index (κ2) is 5.66. The molecule has 0 spiro atoms. The molecule has 5 nitrogen and oxygen atoms in total. The normalized spacial score (nSPS) is 11.3. The summed E-state index contributed by atoms with van der Waals surface area (Å²) in [6.07, 6.45) is 4.50. The van der Waals surface area contributed by atoms with Crippen LogP contribution in [0.1, 0.15) is 5.56 Å². The Hall–Kier alpha value is -1.47. The fourth-order valence-corrected chi connectivity index (χ4v) is 2.27. The molecule has 2 aromatic rings. The first-order valence-electron chi connectivity index (χ1n) is 5.45. The van der Waals surface area contributed by atoms with Crippen molar-refractivity contribution in [1.82, 2.24) is 9.97 Å². The Balaban J connectivity index is 2.02. The molecule has 1 N–H and O–H groups in total. The summed E-state index contributed by atoms with van der Waals surface area (Å²) in [5, 5.41) is 3.05. The van der Waals surface area contributed by atoms with Crippen LogP contribution in [0.2, 0.25) is 0 Å². The molecule has 100 valence electrons. The summed E-state index contributed by atoms with van der Waals surface area (Å²) in [4.78, 5) is 8.49. The minimum Gasteiger partial charge on any atom is -0.350 e. The number of anilines is 1. The van der Waals surface area contributed by atoms with E-state index in [1.165, 1.54) is 6.26 Å². The Morgan fingerprint density at radius 2 is 1.74 bits per heavy atom. The van der Waals surface area contributed by atoms with Gasteiger partial charge in [0.2, 0.25) is 5.95 Å². The molecule has 0 bridgehead atoms. The fraction of sp³-hybridized carbons (Fsp3) is 0.167. The molecular formula is C12H12BrN3O2S. The predicted octanol–water partition coefficient (Wildman–Crippen LogP) is 2.25. The van der Waals surface area contributed by atoms with Crippen LogP contribution in [0, 0.1) is 0 Å². The molecule has 0 aliphatic carbocycles. The van der Waals surface area contributed by atoms with Crippen LogP contribution in [-0.4, -0.2) is 24.6 Å². The number of halogens is 1. The monoisotopic (exact) mass is 341 g/mol. The Bertz CT molecular complexity index is 654. The standard InChI is InChI=1S/C12H12BrN3O2S/c1-19(17,18)11-4-2-9(3-5-11)6-14-12-15-7-10(13)8-16-12/h2-5,7-8H,6H2,1H3,(H,14,15,16). The second-order valence-corrected chi connectivity index (χ2v) is 6.93. The van der Waals surface area contributed by atoms with Crippen LogP contribution in [0.3, 0.4) is 0 Å². The zero-order chi connectivity index (χ0) is 13.9. The van der Waals surface area contributed by atoms with Gasteiger partial charge in [-0.1, -0.05) is 12.1 Å². The molecule has 0 aliphatic heterocycles. The quantitative estimate of drug-likeness (QED) is 0.923. The van der Waals surface area contributed by atoms with Crippen LogP contribution in [0.4, 0.5) is 5.95 Å². The number of benzene rings is 1. The number of hydrogen-bond acceptors (Lipinski definition) is 5. The molecule has 0 fully saturated rings. The lowest BCUT2D eigenvalue weighted by molar-refractivity contribution is 0.602. The van der Waals surface area contributed by atoms with Crippen molar-refractivity contribution in [2.24, 2.45) is 0 Å². The highest BCUT2D eigenvalue weighted by atomic mass is 79.9. The molecular weight excluding hydrogens is 330 g/mol. The Labute approximate surface area is 120 Å². The second-order valence-electron chi connectivity index (χ2n) is 3.99. The van der Waals surface area contributed by atoms with Gasteiger partial charge >= 0.3 is 0 Å². The highest BCUT2D eigenvalue weighted by Crippen LogP contribution is 2.12. The third kappa shape index (κ3) is 4.00. The third-order valence-corrected chi connectivity index (χ3v) is 3.96. The van der Waals surface area contributed by atoms with Crippen molar-refractivity contribution in [1.29, 1.82) is 0 Å². The molecule has 1 aromatic carbocycles. The lowest BCUT2D eigenvalue weighted by Crippen LogP contribution is -2.03. The smallest absolute Gasteiger partial charge is 0.222 e. The SMILES string of the molecule is CS(=O)(=O)c1ccc(CNc2ncc(Br)cn2)cc1. The highest BCUT2D eigenvalue weighted by Gasteiger charge is 2.06. The van der Waals surface area contributed by atoms with Crippen molar-refractivity contribution in [3.63, 3.8) is 0 Å². The van der Waals surface area contributed by atoms with E-state index < -0.39 is 9.84 Å². The number of hydrogen-bond donors (Lipinski definition) is 1. The molecule has 0 amide bonds. The summed E-state index contributed by atoms with van der Waals surface area (Å²) in [7, 11) is -3.14. The van der Waals surface area contributed by atoms with E-state index in [1.54, 1.807) is 36.7 Å². The Morgan fingerprint density at radius 1 is 1.16 bits per heavy atom. The molecule has 1 heterocycles. The average Bonchev–Trinajstić information content (AvgIpc) is 2.37. The fourth-order valence-electron chi connectivity index (χ4n) is 1.44. The van der Waals surface area contributed by atoms with Gasteiger partial charge in [0.05, 0.1) is 9.37 Å². The van der Waals surface area contributed by atoms with E-state index in [4.69, 9.17) is 0 Å². The summed E-state index contributed by atoms with van der Waals surface area (Å²) in [6, 6.07) is 6.72. The number of sulfone groups is 1. The number of nitrogens with zero attached hydrogens (tertiary/aromatic N) is 2. The van der Waals surface area contributed by atoms with Crippen molar-refractivity contribution in [3.05, 3.63) is 46.7 Å². The zero-order valence-electron chi connectivity index (χ0n) is 10.2. The maximum atomic E-state index is 11.3. The van der Waals surface area contributed by atoms with E-state index >= 15 is 0 Å². The molecule has 1 aromatic heterocycles. The van der Waals surface area contributed by atoms with E-state index in [-0.39, 0.29) is 0 Å². The van der Waals surface area contributed by atoms with E-state index in [9.17, 15) is 8.42 Å². The molecule has 0 saturated heterocycles. The molecule has 7 heteroatoms. The molecule has 0 radical (unpaired) electrons. The van der Waals surface area contributed by atoms with Crippen molar-refractivity contribution >= 4 is 31.7 Å². The van der Waals surface area contributed by atoms with Crippen LogP contribution < -0.4 is 5.32 Å². The minimum absolute atomic E-state index is 0.316. The topological polar surface area (TPSA) is 72.0 Å². The molecule has 0 atom stereocenters. The van der Waals surface area contributed by atoms with E-state index in [1.807, 2.05) is 0 Å². The first kappa shape index (κ1) is 14.0. The predicted molar refractivity (Wildman–Crippen MR) is 76.6 cm³/mol. The van der Waals surface area contributed by atoms with E-state index in [2.05, 4.69) is 31.2 Å². The van der Waals surface area contributed by atoms with Crippen LogP contribution in [0.5, 0.6) is 0 Å². The molecule has 0 saturated carbocycles. The van der Waals surface area contributed by atoms with Crippen LogP contribution in [0.25, 0.3) is 0 Å². The molecule has 2 rings (SSSR count). The maximum Gasteiger partial charge on any atom is 0.222 e. The van der Waals surface area contributed by atoms with Crippen LogP contribution >= 0.6 is 15.9 Å². The largest absolute Gasteiger partial charge is 0.350 e. The minimum atomic E-state index is -3.14. The van der Waals surface area contributed by atoms with Crippen molar-refractivity contribution < 1.29 is 8.42 Å². The summed E-state index contributed by atoms with van der Waals surface area (Å²) in [5.74, 6) is 0.524. The van der Waals surface area contributed by atoms with Crippen molar-refractivity contribution in [2.45, 2.75) is 11.4 Å². The van der Waals surface area contributed by atoms with Gasteiger partial charge < -0.3 is 5.32 Å². The lowest BCUT2D eigenvalue weighted by Gasteiger charge is -2.05. The molecule has 0 aliphatic rings. The van der Waals surface area contributed by atoms with Gasteiger partial charge in [0.15, 0.2) is 9.84 Å². The Kier molecular flexibility index (Phi) is 4.16. The number of nitrogens with one attached hydrogen (secondary N) is 1. The summed E-state index contributed by atoms with van der Waals surface area (Å²) in [6.45, 7) is 0.533. The summed E-state index contributed by atoms with van der Waals surface area (Å²) >= 11 is 3.26. The van der Waals surface area contributed by atoms with Gasteiger partial charge in [0, 0.05) is 25.2 Å². The van der Waals surface area contributed by atoms with Gasteiger partial charge in [0.1, 0.15) is 0 Å². The first-order chi connectivity index (χ1) is 8.95. The van der Waals surface area contributed by atoms with E-state index in [0.717, 1.165) is 10.0 Å². The average molecular weight is 342 g/mol. The van der Waals surface area contributed by atoms with Crippen LogP contribution in [0.15, 0.2) is 46.0 Å². The number of aromatic nitrogens is 2. The molecule has 19 heavy (non-hydrogen) atoms. The van der Waals surface area contributed by atoms with Gasteiger partial charge in [0.25, 0.3) is 0 Å². The van der Waals surface area contributed by atoms with Crippen LogP contribution in [-0.2, 0) is 16.4 Å². The molecule has 0 unspecified atom stereocenters. The maximum absolute atomic E-state index is 11.3. The zero-order valence-corrected chi connectivity index (χ0v) is 12.6. The van der Waals surface area contributed by atoms with Gasteiger partial charge in [-0.3, -0.25) is 0 Å². The summed E-state index contributed by atoms with van der Waals surface area (Å²) < 4.78 is 23.4. The highest BCUT2D eigenvalue weighted by molar-refractivity contribution is 9.10. The Morgan fingerprint density at radius 3 is 2.26 bits per heavy atom. The lowest BCUT2D eigenvalue weighted by atomic mass is 10.2. The van der Waals surface area contributed by atoms with Gasteiger partial charge in [-0.05, 0) is 33.6 Å². The summed E-state index contributed by atoms with van der Waals surface area (Å²) in [5.41, 5.74) is 0.957. The van der Waals surface area contributed by atoms with Gasteiger partial charge in [-0.2, -0.15) is 0 Å². The van der Waals surface area contributed by atoms with Gasteiger partial charge in [-0.15, -0.1) is 0 Å². The van der Waals surface area contributed by atoms with Crippen molar-refractivity contribution in [3.8, 4) is 0 Å². The third-order valence-electron chi connectivity index (χ3n) is 2.42. The van der Waals surface area contributed by atoms with E-state index in [0.29, 0.717) is 17.4 Å². The van der Waals surface area contributed by atoms with Gasteiger partial charge in [-0.25, -0.2) is 18.4 Å². The first-order valence-corrected chi connectivity index (χ1v) is 8.14. The number of rotatable bonds is 4.